The third-order valence-electron chi connectivity index (χ3n) is 3.71. The van der Waals surface area contributed by atoms with Gasteiger partial charge in [0.05, 0.1) is 5.60 Å². The highest BCUT2D eigenvalue weighted by Crippen LogP contribution is 2.16. The van der Waals surface area contributed by atoms with Gasteiger partial charge in [-0.05, 0) is 58.6 Å². The molecule has 0 aliphatic heterocycles. The number of benzene rings is 1. The Balaban J connectivity index is 2.47. The van der Waals surface area contributed by atoms with Crippen LogP contribution in [-0.4, -0.2) is 24.8 Å². The Labute approximate surface area is 118 Å². The number of methoxy groups -OCH3 is 1. The third-order valence-corrected chi connectivity index (χ3v) is 3.71. The molecule has 1 aromatic rings. The van der Waals surface area contributed by atoms with Gasteiger partial charge in [-0.1, -0.05) is 24.3 Å². The van der Waals surface area contributed by atoms with Crippen LogP contribution in [0.2, 0.25) is 0 Å². The molecule has 0 radical (unpaired) electrons. The van der Waals surface area contributed by atoms with Gasteiger partial charge in [0.25, 0.3) is 0 Å². The van der Waals surface area contributed by atoms with E-state index < -0.39 is 0 Å². The Morgan fingerprint density at radius 2 is 1.79 bits per heavy atom. The van der Waals surface area contributed by atoms with E-state index in [1.54, 1.807) is 7.11 Å². The fraction of sp³-hybridized carbons (Fsp3) is 0.647. The molecule has 0 aliphatic carbocycles. The van der Waals surface area contributed by atoms with Crippen molar-refractivity contribution in [2.75, 3.05) is 7.11 Å². The van der Waals surface area contributed by atoms with Crippen LogP contribution in [0.25, 0.3) is 0 Å². The molecular weight excluding hydrogens is 234 g/mol. The van der Waals surface area contributed by atoms with E-state index in [0.29, 0.717) is 12.1 Å². The third kappa shape index (κ3) is 5.75. The summed E-state index contributed by atoms with van der Waals surface area (Å²) in [6, 6.07) is 9.54. The molecule has 2 unspecified atom stereocenters. The smallest absolute Gasteiger partial charge is 0.0637 e. The summed E-state index contributed by atoms with van der Waals surface area (Å²) in [6.07, 6.45) is 2.09. The van der Waals surface area contributed by atoms with E-state index in [4.69, 9.17) is 4.74 Å². The number of aryl methyl sites for hydroxylation is 1. The van der Waals surface area contributed by atoms with Crippen molar-refractivity contribution in [2.45, 2.75) is 65.1 Å². The van der Waals surface area contributed by atoms with E-state index >= 15 is 0 Å². The summed E-state index contributed by atoms with van der Waals surface area (Å²) in [5.74, 6) is 0. The molecule has 0 saturated carbocycles. The Morgan fingerprint density at radius 3 is 2.37 bits per heavy atom. The van der Waals surface area contributed by atoms with Crippen molar-refractivity contribution in [2.24, 2.45) is 0 Å². The molecule has 0 aliphatic rings. The average Bonchev–Trinajstić information content (AvgIpc) is 2.31. The van der Waals surface area contributed by atoms with Gasteiger partial charge in [-0.25, -0.2) is 0 Å². The predicted octanol–water partition coefficient (Wildman–Crippen LogP) is 3.72. The first-order valence-corrected chi connectivity index (χ1v) is 7.20. The van der Waals surface area contributed by atoms with Crippen molar-refractivity contribution in [1.29, 1.82) is 0 Å². The Bertz CT molecular complexity index is 387. The van der Waals surface area contributed by atoms with Crippen molar-refractivity contribution in [1.82, 2.24) is 5.32 Å². The van der Waals surface area contributed by atoms with Crippen molar-refractivity contribution in [3.8, 4) is 0 Å². The molecule has 0 saturated heterocycles. The Kier molecular flexibility index (Phi) is 6.02. The number of hydrogen-bond donors (Lipinski definition) is 1. The summed E-state index contributed by atoms with van der Waals surface area (Å²) < 4.78 is 5.49. The van der Waals surface area contributed by atoms with E-state index in [1.165, 1.54) is 11.1 Å². The maximum absolute atomic E-state index is 5.49. The van der Waals surface area contributed by atoms with E-state index in [-0.39, 0.29) is 5.60 Å². The lowest BCUT2D eigenvalue weighted by molar-refractivity contribution is 0.00786. The van der Waals surface area contributed by atoms with Crippen LogP contribution in [0, 0.1) is 6.92 Å². The fourth-order valence-electron chi connectivity index (χ4n) is 2.59. The molecule has 0 fully saturated rings. The van der Waals surface area contributed by atoms with E-state index in [1.807, 2.05) is 0 Å². The summed E-state index contributed by atoms with van der Waals surface area (Å²) in [6.45, 7) is 10.9. The number of hydrogen-bond acceptors (Lipinski definition) is 2. The number of nitrogens with one attached hydrogen (secondary N) is 1. The van der Waals surface area contributed by atoms with Crippen LogP contribution in [0.4, 0.5) is 0 Å². The lowest BCUT2D eigenvalue weighted by Gasteiger charge is -2.29. The van der Waals surface area contributed by atoms with Crippen LogP contribution in [0.1, 0.15) is 45.2 Å². The Hall–Kier alpha value is -0.860. The van der Waals surface area contributed by atoms with Crippen molar-refractivity contribution in [3.63, 3.8) is 0 Å². The minimum Gasteiger partial charge on any atom is -0.379 e. The summed E-state index contributed by atoms with van der Waals surface area (Å²) in [4.78, 5) is 0. The highest BCUT2D eigenvalue weighted by molar-refractivity contribution is 5.26. The number of ether oxygens (including phenoxy) is 1. The summed E-state index contributed by atoms with van der Waals surface area (Å²) in [5.41, 5.74) is 2.75. The van der Waals surface area contributed by atoms with Crippen LogP contribution in [-0.2, 0) is 11.2 Å². The molecule has 0 amide bonds. The van der Waals surface area contributed by atoms with Crippen LogP contribution in [0.15, 0.2) is 24.3 Å². The summed E-state index contributed by atoms with van der Waals surface area (Å²) in [7, 11) is 1.78. The van der Waals surface area contributed by atoms with E-state index in [9.17, 15) is 0 Å². The topological polar surface area (TPSA) is 21.3 Å². The van der Waals surface area contributed by atoms with Gasteiger partial charge in [0.2, 0.25) is 0 Å². The van der Waals surface area contributed by atoms with Crippen LogP contribution >= 0.6 is 0 Å². The zero-order valence-corrected chi connectivity index (χ0v) is 13.3. The quantitative estimate of drug-likeness (QED) is 0.809. The normalized spacial score (nSPS) is 15.3. The molecule has 2 nitrogen and oxygen atoms in total. The predicted molar refractivity (Wildman–Crippen MR) is 82.6 cm³/mol. The van der Waals surface area contributed by atoms with Gasteiger partial charge in [0.1, 0.15) is 0 Å². The van der Waals surface area contributed by atoms with Crippen molar-refractivity contribution >= 4 is 0 Å². The van der Waals surface area contributed by atoms with Gasteiger partial charge in [-0.3, -0.25) is 0 Å². The first kappa shape index (κ1) is 16.2. The van der Waals surface area contributed by atoms with Gasteiger partial charge < -0.3 is 10.1 Å². The zero-order valence-electron chi connectivity index (χ0n) is 13.3. The summed E-state index contributed by atoms with van der Waals surface area (Å²) >= 11 is 0. The van der Waals surface area contributed by atoms with Crippen LogP contribution in [0.3, 0.4) is 0 Å². The van der Waals surface area contributed by atoms with Gasteiger partial charge in [0, 0.05) is 19.2 Å². The largest absolute Gasteiger partial charge is 0.379 e. The second-order valence-electron chi connectivity index (χ2n) is 6.27. The number of rotatable bonds is 7. The van der Waals surface area contributed by atoms with Gasteiger partial charge in [0.15, 0.2) is 0 Å². The van der Waals surface area contributed by atoms with Crippen molar-refractivity contribution < 1.29 is 4.74 Å². The molecule has 1 aromatic carbocycles. The van der Waals surface area contributed by atoms with Crippen LogP contribution in [0.5, 0.6) is 0 Å². The second kappa shape index (κ2) is 7.06. The van der Waals surface area contributed by atoms with Crippen molar-refractivity contribution in [3.05, 3.63) is 35.4 Å². The maximum Gasteiger partial charge on any atom is 0.0637 e. The molecule has 0 spiro atoms. The molecule has 1 N–H and O–H groups in total. The molecule has 2 atom stereocenters. The van der Waals surface area contributed by atoms with E-state index in [0.717, 1.165) is 12.8 Å². The Morgan fingerprint density at radius 1 is 1.16 bits per heavy atom. The highest BCUT2D eigenvalue weighted by Gasteiger charge is 2.21. The fourth-order valence-corrected chi connectivity index (χ4v) is 2.59. The molecular formula is C17H29NO. The van der Waals surface area contributed by atoms with Gasteiger partial charge in [-0.2, -0.15) is 0 Å². The zero-order chi connectivity index (χ0) is 14.5. The molecule has 0 heterocycles. The molecule has 108 valence electrons. The lowest BCUT2D eigenvalue weighted by Crippen LogP contribution is -2.41. The van der Waals surface area contributed by atoms with Gasteiger partial charge >= 0.3 is 0 Å². The molecule has 1 rings (SSSR count). The summed E-state index contributed by atoms with van der Waals surface area (Å²) in [5, 5.41) is 3.67. The molecule has 0 bridgehead atoms. The lowest BCUT2D eigenvalue weighted by atomic mass is 9.97. The monoisotopic (exact) mass is 263 g/mol. The second-order valence-corrected chi connectivity index (χ2v) is 6.27. The minimum atomic E-state index is -0.0607. The first-order chi connectivity index (χ1) is 8.84. The van der Waals surface area contributed by atoms with E-state index in [2.05, 4.69) is 64.2 Å². The van der Waals surface area contributed by atoms with Gasteiger partial charge in [-0.15, -0.1) is 0 Å². The SMILES string of the molecule is COC(C)(C)CC(C)NC(C)Cc1ccccc1C. The first-order valence-electron chi connectivity index (χ1n) is 7.20. The highest BCUT2D eigenvalue weighted by atomic mass is 16.5. The maximum atomic E-state index is 5.49. The molecule has 0 aromatic heterocycles. The molecule has 2 heteroatoms. The standard InChI is InChI=1S/C17H29NO/c1-13-9-7-8-10-16(13)11-14(2)18-15(3)12-17(4,5)19-6/h7-10,14-15,18H,11-12H2,1-6H3. The minimum absolute atomic E-state index is 0.0607. The van der Waals surface area contributed by atoms with Crippen LogP contribution < -0.4 is 5.32 Å². The molecule has 19 heavy (non-hydrogen) atoms. The average molecular weight is 263 g/mol.